The lowest BCUT2D eigenvalue weighted by molar-refractivity contribution is -0.131. The van der Waals surface area contributed by atoms with Gasteiger partial charge in [-0.1, -0.05) is 63.1 Å². The maximum atomic E-state index is 13.3. The Morgan fingerprint density at radius 3 is 2.42 bits per heavy atom. The van der Waals surface area contributed by atoms with Crippen LogP contribution in [-0.2, 0) is 14.8 Å². The molecule has 0 spiro atoms. The van der Waals surface area contributed by atoms with Crippen molar-refractivity contribution in [3.8, 4) is 0 Å². The average Bonchev–Trinajstić information content (AvgIpc) is 3.02. The summed E-state index contributed by atoms with van der Waals surface area (Å²) in [5.41, 5.74) is 5.31. The van der Waals surface area contributed by atoms with Crippen LogP contribution in [0.5, 0.6) is 0 Å². The number of sulfonamides is 1. The van der Waals surface area contributed by atoms with Crippen LogP contribution in [0.15, 0.2) is 40.2 Å². The number of carbonyl (C=O) groups is 1. The Balaban J connectivity index is 1.44. The minimum absolute atomic E-state index is 0.00259. The van der Waals surface area contributed by atoms with Crippen molar-refractivity contribution in [2.24, 2.45) is 22.6 Å². The fraction of sp³-hybridized carbons (Fsp3) is 0.680. The Kier molecular flexibility index (Phi) is 7.43. The molecule has 0 radical (unpaired) electrons. The van der Waals surface area contributed by atoms with E-state index in [0.717, 1.165) is 38.5 Å². The molecule has 8 heteroatoms. The topological polar surface area (TPSA) is 105 Å². The second-order valence-corrected chi connectivity index (χ2v) is 12.0. The number of hydrogen-bond donors (Lipinski definition) is 2. The number of hydrogen-bond acceptors (Lipinski definition) is 5. The van der Waals surface area contributed by atoms with Crippen LogP contribution in [0, 0.1) is 11.8 Å². The zero-order valence-corrected chi connectivity index (χ0v) is 20.5. The van der Waals surface area contributed by atoms with Gasteiger partial charge < -0.3 is 5.73 Å². The highest BCUT2D eigenvalue weighted by Crippen LogP contribution is 2.40. The highest BCUT2D eigenvalue weighted by atomic mass is 32.2. The lowest BCUT2D eigenvalue weighted by atomic mass is 9.74. The van der Waals surface area contributed by atoms with Crippen LogP contribution in [0.3, 0.4) is 0 Å². The van der Waals surface area contributed by atoms with E-state index in [4.69, 9.17) is 10.7 Å². The molecule has 1 amide bonds. The molecule has 1 unspecified atom stereocenters. The van der Waals surface area contributed by atoms with E-state index in [0.29, 0.717) is 23.2 Å². The average molecular weight is 475 g/mol. The molecule has 3 atom stereocenters. The van der Waals surface area contributed by atoms with Crippen LogP contribution >= 0.6 is 0 Å². The summed E-state index contributed by atoms with van der Waals surface area (Å²) in [6.45, 7) is 0. The number of benzene rings is 1. The van der Waals surface area contributed by atoms with E-state index < -0.39 is 15.6 Å². The molecule has 0 bridgehead atoms. The van der Waals surface area contributed by atoms with Crippen molar-refractivity contribution in [1.29, 1.82) is 0 Å². The fourth-order valence-corrected chi connectivity index (χ4v) is 7.33. The summed E-state index contributed by atoms with van der Waals surface area (Å²) in [6, 6.07) is 8.39. The van der Waals surface area contributed by atoms with Crippen molar-refractivity contribution < 1.29 is 13.2 Å². The molecule has 182 valence electrons. The Morgan fingerprint density at radius 2 is 1.76 bits per heavy atom. The zero-order valence-electron chi connectivity index (χ0n) is 19.7. The highest BCUT2D eigenvalue weighted by Gasteiger charge is 2.48. The van der Waals surface area contributed by atoms with Crippen molar-refractivity contribution in [1.82, 2.24) is 9.62 Å². The molecule has 2 saturated carbocycles. The van der Waals surface area contributed by atoms with Crippen LogP contribution in [0.1, 0.15) is 77.0 Å². The molecule has 0 saturated heterocycles. The van der Waals surface area contributed by atoms with Crippen molar-refractivity contribution in [2.75, 3.05) is 7.05 Å². The second-order valence-electron chi connectivity index (χ2n) is 10.3. The Labute approximate surface area is 198 Å². The molecule has 7 nitrogen and oxygen atoms in total. The number of carbonyl (C=O) groups excluding carboxylic acids is 1. The second kappa shape index (κ2) is 10.1. The molecule has 3 N–H and O–H groups in total. The Morgan fingerprint density at radius 1 is 1.06 bits per heavy atom. The molecule has 0 aromatic heterocycles. The van der Waals surface area contributed by atoms with Crippen molar-refractivity contribution in [3.05, 3.63) is 30.3 Å². The third kappa shape index (κ3) is 5.60. The van der Waals surface area contributed by atoms with Crippen molar-refractivity contribution in [3.63, 3.8) is 0 Å². The van der Waals surface area contributed by atoms with Gasteiger partial charge in [0.2, 0.25) is 10.0 Å². The van der Waals surface area contributed by atoms with Gasteiger partial charge in [0.15, 0.2) is 5.96 Å². The molecule has 4 rings (SSSR count). The first-order valence-corrected chi connectivity index (χ1v) is 14.0. The van der Waals surface area contributed by atoms with Gasteiger partial charge in [-0.2, -0.15) is 0 Å². The number of nitrogens with one attached hydrogen (secondary N) is 1. The van der Waals surface area contributed by atoms with E-state index in [-0.39, 0.29) is 17.9 Å². The number of likely N-dealkylation sites (N-methyl/N-ethyl adjacent to an activating group) is 1. The van der Waals surface area contributed by atoms with E-state index in [1.54, 1.807) is 31.3 Å². The monoisotopic (exact) mass is 474 g/mol. The van der Waals surface area contributed by atoms with Gasteiger partial charge in [-0.3, -0.25) is 9.69 Å². The van der Waals surface area contributed by atoms with E-state index >= 15 is 0 Å². The smallest absolute Gasteiger partial charge is 0.257 e. The first-order chi connectivity index (χ1) is 15.8. The van der Waals surface area contributed by atoms with Crippen LogP contribution in [0.25, 0.3) is 0 Å². The highest BCUT2D eigenvalue weighted by molar-refractivity contribution is 7.89. The third-order valence-corrected chi connectivity index (χ3v) is 9.39. The Bertz CT molecular complexity index is 959. The van der Waals surface area contributed by atoms with Gasteiger partial charge in [0.25, 0.3) is 5.91 Å². The largest absolute Gasteiger partial charge is 0.369 e. The third-order valence-electron chi connectivity index (χ3n) is 7.85. The quantitative estimate of drug-likeness (QED) is 0.598. The van der Waals surface area contributed by atoms with Crippen molar-refractivity contribution in [2.45, 2.75) is 93.5 Å². The summed E-state index contributed by atoms with van der Waals surface area (Å²) >= 11 is 0. The van der Waals surface area contributed by atoms with Crippen molar-refractivity contribution >= 4 is 21.9 Å². The molecule has 3 aliphatic rings. The van der Waals surface area contributed by atoms with E-state index in [1.807, 2.05) is 6.07 Å². The molecule has 2 aliphatic carbocycles. The van der Waals surface area contributed by atoms with E-state index in [1.165, 1.54) is 37.0 Å². The van der Waals surface area contributed by atoms with E-state index in [2.05, 4.69) is 4.72 Å². The molecule has 33 heavy (non-hydrogen) atoms. The maximum absolute atomic E-state index is 13.3. The van der Waals surface area contributed by atoms with Crippen LogP contribution in [0.4, 0.5) is 0 Å². The van der Waals surface area contributed by atoms with Gasteiger partial charge in [-0.05, 0) is 56.1 Å². The first-order valence-electron chi connectivity index (χ1n) is 12.5. The summed E-state index contributed by atoms with van der Waals surface area (Å²) in [6.07, 6.45) is 12.2. The van der Waals surface area contributed by atoms with Crippen LogP contribution < -0.4 is 10.5 Å². The number of guanidine groups is 1. The predicted octanol–water partition coefficient (Wildman–Crippen LogP) is 3.80. The maximum Gasteiger partial charge on any atom is 0.257 e. The number of nitrogens with zero attached hydrogens (tertiary/aromatic N) is 2. The van der Waals surface area contributed by atoms with Gasteiger partial charge in [0, 0.05) is 13.1 Å². The minimum Gasteiger partial charge on any atom is -0.369 e. The van der Waals surface area contributed by atoms with Gasteiger partial charge in [-0.15, -0.1) is 0 Å². The molecular formula is C25H38N4O3S. The normalized spacial score (nSPS) is 29.3. The SMILES string of the molecule is CN1C(=O)[C@@](CCC2CCCCC2)(C[C@H]2CCCC(NS(=O)(=O)c3ccccc3)C2)N=C1N. The Hall–Kier alpha value is -1.93. The molecule has 1 heterocycles. The van der Waals surface area contributed by atoms with Gasteiger partial charge in [0.05, 0.1) is 4.90 Å². The molecule has 2 fully saturated rings. The standard InChI is InChI=1S/C25H38N4O3S/c1-29-23(30)25(27-24(29)26,16-15-19-9-4-2-5-10-19)18-20-11-8-12-21(17-20)28-33(31,32)22-13-6-3-7-14-22/h3,6-7,13-14,19-21,28H,2,4-5,8-12,15-18H2,1H3,(H2,26,27)/t20-,21?,25+/m0/s1. The fourth-order valence-electron chi connectivity index (χ4n) is 6.02. The van der Waals surface area contributed by atoms with Crippen LogP contribution in [0.2, 0.25) is 0 Å². The first kappa shape index (κ1) is 24.2. The van der Waals surface area contributed by atoms with Gasteiger partial charge in [0.1, 0.15) is 5.54 Å². The zero-order chi connectivity index (χ0) is 23.5. The summed E-state index contributed by atoms with van der Waals surface area (Å²) in [5, 5.41) is 0. The molecule has 1 aliphatic heterocycles. The minimum atomic E-state index is -3.55. The van der Waals surface area contributed by atoms with Crippen LogP contribution in [-0.4, -0.2) is 43.8 Å². The molecular weight excluding hydrogens is 436 g/mol. The number of rotatable bonds is 8. The van der Waals surface area contributed by atoms with E-state index in [9.17, 15) is 13.2 Å². The number of aliphatic imine (C=N–C) groups is 1. The van der Waals surface area contributed by atoms with Gasteiger partial charge in [-0.25, -0.2) is 18.1 Å². The summed E-state index contributed by atoms with van der Waals surface area (Å²) in [5.74, 6) is 1.21. The summed E-state index contributed by atoms with van der Waals surface area (Å²) in [7, 11) is -1.84. The molecule has 1 aromatic rings. The lowest BCUT2D eigenvalue weighted by Gasteiger charge is -2.35. The number of nitrogens with two attached hydrogens (primary N) is 1. The summed E-state index contributed by atoms with van der Waals surface area (Å²) in [4.78, 5) is 19.8. The number of amides is 1. The summed E-state index contributed by atoms with van der Waals surface area (Å²) < 4.78 is 28.5. The predicted molar refractivity (Wildman–Crippen MR) is 130 cm³/mol. The molecule has 1 aromatic carbocycles. The lowest BCUT2D eigenvalue weighted by Crippen LogP contribution is -2.45. The van der Waals surface area contributed by atoms with Gasteiger partial charge >= 0.3 is 0 Å².